The summed E-state index contributed by atoms with van der Waals surface area (Å²) in [5.41, 5.74) is 6.39. The molecule has 8 heteroatoms. The van der Waals surface area contributed by atoms with Crippen LogP contribution >= 0.6 is 0 Å². The number of carboxylic acid groups (broad SMARTS) is 1. The number of nitrogen functional groups attached to an aromatic ring is 1. The van der Waals surface area contributed by atoms with Crippen LogP contribution in [0.2, 0.25) is 0 Å². The number of nitrogens with zero attached hydrogens (tertiary/aromatic N) is 2. The molecule has 0 atom stereocenters. The topological polar surface area (TPSA) is 117 Å². The average Bonchev–Trinajstić information content (AvgIpc) is 2.53. The van der Waals surface area contributed by atoms with E-state index in [0.29, 0.717) is 16.9 Å². The van der Waals surface area contributed by atoms with Gasteiger partial charge in [0.25, 0.3) is 0 Å². The van der Waals surface area contributed by atoms with Gasteiger partial charge in [0.1, 0.15) is 5.56 Å². The van der Waals surface area contributed by atoms with Gasteiger partial charge in [-0.3, -0.25) is 0 Å². The quantitative estimate of drug-likeness (QED) is 0.852. The molecule has 1 aromatic heterocycles. The van der Waals surface area contributed by atoms with Gasteiger partial charge in [0.05, 0.1) is 21.3 Å². The molecule has 3 N–H and O–H groups in total. The van der Waals surface area contributed by atoms with Crippen molar-refractivity contribution >= 4 is 11.9 Å². The molecule has 2 aromatic rings. The molecular formula is C14H15N3O5. The lowest BCUT2D eigenvalue weighted by molar-refractivity contribution is 0.0692. The van der Waals surface area contributed by atoms with Crippen LogP contribution in [0.3, 0.4) is 0 Å². The number of hydrogen-bond donors (Lipinski definition) is 2. The molecule has 0 aliphatic carbocycles. The zero-order chi connectivity index (χ0) is 16.3. The van der Waals surface area contributed by atoms with Crippen LogP contribution in [0.1, 0.15) is 10.4 Å². The van der Waals surface area contributed by atoms with E-state index in [-0.39, 0.29) is 23.0 Å². The number of carbonyl (C=O) groups is 1. The highest BCUT2D eigenvalue weighted by molar-refractivity contribution is 5.96. The minimum atomic E-state index is -1.16. The summed E-state index contributed by atoms with van der Waals surface area (Å²) in [6.07, 6.45) is 2.94. The Kier molecular flexibility index (Phi) is 4.31. The summed E-state index contributed by atoms with van der Waals surface area (Å²) in [4.78, 5) is 19.2. The third-order valence-electron chi connectivity index (χ3n) is 3.02. The van der Waals surface area contributed by atoms with Crippen LogP contribution in [0, 0.1) is 0 Å². The second-order valence-electron chi connectivity index (χ2n) is 4.21. The molecule has 0 spiro atoms. The Morgan fingerprint density at radius 3 is 2.05 bits per heavy atom. The van der Waals surface area contributed by atoms with Gasteiger partial charge >= 0.3 is 5.97 Å². The zero-order valence-electron chi connectivity index (χ0n) is 12.3. The molecule has 0 unspecified atom stereocenters. The first-order chi connectivity index (χ1) is 10.5. The van der Waals surface area contributed by atoms with Gasteiger partial charge in [-0.25, -0.2) is 14.8 Å². The van der Waals surface area contributed by atoms with Crippen LogP contribution in [0.25, 0.3) is 11.1 Å². The van der Waals surface area contributed by atoms with Gasteiger partial charge in [-0.1, -0.05) is 0 Å². The Labute approximate surface area is 126 Å². The number of aromatic nitrogens is 2. The molecule has 0 aliphatic rings. The molecule has 0 radical (unpaired) electrons. The van der Waals surface area contributed by atoms with E-state index in [1.54, 1.807) is 0 Å². The van der Waals surface area contributed by atoms with Gasteiger partial charge in [-0.05, 0) is 6.07 Å². The predicted octanol–water partition coefficient (Wildman–Crippen LogP) is 1.45. The molecule has 0 saturated heterocycles. The molecule has 0 aliphatic heterocycles. The minimum Gasteiger partial charge on any atom is -0.492 e. The fraction of sp³-hybridized carbons (Fsp3) is 0.214. The highest BCUT2D eigenvalue weighted by atomic mass is 16.5. The molecule has 2 rings (SSSR count). The molecule has 0 saturated carbocycles. The van der Waals surface area contributed by atoms with Gasteiger partial charge in [0.2, 0.25) is 11.7 Å². The largest absolute Gasteiger partial charge is 0.492 e. The Balaban J connectivity index is 2.80. The highest BCUT2D eigenvalue weighted by Crippen LogP contribution is 2.46. The first-order valence-corrected chi connectivity index (χ1v) is 6.17. The smallest absolute Gasteiger partial charge is 0.339 e. The van der Waals surface area contributed by atoms with Crippen LogP contribution < -0.4 is 19.9 Å². The maximum atomic E-state index is 11.5. The zero-order valence-corrected chi connectivity index (χ0v) is 12.3. The summed E-state index contributed by atoms with van der Waals surface area (Å²) in [5.74, 6) is -0.474. The van der Waals surface area contributed by atoms with Gasteiger partial charge in [-0.2, -0.15) is 0 Å². The molecule has 8 nitrogen and oxygen atoms in total. The van der Waals surface area contributed by atoms with Gasteiger partial charge in [-0.15, -0.1) is 0 Å². The van der Waals surface area contributed by atoms with E-state index in [1.165, 1.54) is 39.8 Å². The van der Waals surface area contributed by atoms with Crippen LogP contribution in [-0.4, -0.2) is 42.4 Å². The molecular weight excluding hydrogens is 290 g/mol. The summed E-state index contributed by atoms with van der Waals surface area (Å²) in [5, 5.41) is 9.37. The number of nitrogens with two attached hydrogens (primary N) is 1. The molecule has 1 aromatic carbocycles. The maximum Gasteiger partial charge on any atom is 0.339 e. The fourth-order valence-corrected chi connectivity index (χ4v) is 2.06. The summed E-state index contributed by atoms with van der Waals surface area (Å²) < 4.78 is 15.7. The van der Waals surface area contributed by atoms with Crippen LogP contribution in [0.15, 0.2) is 18.5 Å². The Morgan fingerprint density at radius 1 is 1.05 bits per heavy atom. The number of aromatic carboxylic acids is 1. The second-order valence-corrected chi connectivity index (χ2v) is 4.21. The van der Waals surface area contributed by atoms with Gasteiger partial charge < -0.3 is 25.1 Å². The summed E-state index contributed by atoms with van der Waals surface area (Å²) >= 11 is 0. The number of ether oxygens (including phenoxy) is 3. The molecule has 1 heterocycles. The van der Waals surface area contributed by atoms with Gasteiger partial charge in [0.15, 0.2) is 11.5 Å². The third kappa shape index (κ3) is 2.58. The Bertz CT molecular complexity index is 701. The second kappa shape index (κ2) is 6.17. The summed E-state index contributed by atoms with van der Waals surface area (Å²) in [6, 6.07) is 1.41. The van der Waals surface area contributed by atoms with E-state index in [9.17, 15) is 9.90 Å². The lowest BCUT2D eigenvalue weighted by Gasteiger charge is -2.17. The number of benzene rings is 1. The molecule has 22 heavy (non-hydrogen) atoms. The molecule has 0 amide bonds. The van der Waals surface area contributed by atoms with E-state index in [1.807, 2.05) is 0 Å². The first-order valence-electron chi connectivity index (χ1n) is 6.17. The number of hydrogen-bond acceptors (Lipinski definition) is 7. The Morgan fingerprint density at radius 2 is 1.59 bits per heavy atom. The van der Waals surface area contributed by atoms with E-state index in [0.717, 1.165) is 0 Å². The monoisotopic (exact) mass is 305 g/mol. The number of methoxy groups -OCH3 is 3. The van der Waals surface area contributed by atoms with E-state index < -0.39 is 5.97 Å². The highest BCUT2D eigenvalue weighted by Gasteiger charge is 2.25. The summed E-state index contributed by atoms with van der Waals surface area (Å²) in [7, 11) is 4.20. The van der Waals surface area contributed by atoms with Crippen LogP contribution in [0.4, 0.5) is 5.95 Å². The maximum absolute atomic E-state index is 11.5. The predicted molar refractivity (Wildman–Crippen MR) is 78.5 cm³/mol. The van der Waals surface area contributed by atoms with Crippen molar-refractivity contribution in [2.75, 3.05) is 27.1 Å². The standard InChI is InChI=1S/C14H15N3O5/c1-20-10-8(7-5-16-14(15)17-6-7)4-9(13(18)19)11(21-2)12(10)22-3/h4-6H,1-3H3,(H,18,19)(H2,15,16,17). The van der Waals surface area contributed by atoms with Crippen molar-refractivity contribution in [1.29, 1.82) is 0 Å². The van der Waals surface area contributed by atoms with Crippen molar-refractivity contribution in [1.82, 2.24) is 9.97 Å². The van der Waals surface area contributed by atoms with Crippen molar-refractivity contribution in [3.8, 4) is 28.4 Å². The average molecular weight is 305 g/mol. The lowest BCUT2D eigenvalue weighted by Crippen LogP contribution is -2.05. The molecule has 116 valence electrons. The van der Waals surface area contributed by atoms with Gasteiger partial charge in [0, 0.05) is 23.5 Å². The lowest BCUT2D eigenvalue weighted by atomic mass is 10.0. The van der Waals surface area contributed by atoms with Crippen molar-refractivity contribution in [2.24, 2.45) is 0 Å². The van der Waals surface area contributed by atoms with Crippen molar-refractivity contribution in [3.63, 3.8) is 0 Å². The van der Waals surface area contributed by atoms with Crippen molar-refractivity contribution in [2.45, 2.75) is 0 Å². The van der Waals surface area contributed by atoms with E-state index >= 15 is 0 Å². The SMILES string of the molecule is COc1c(C(=O)O)cc(-c2cnc(N)nc2)c(OC)c1OC. The van der Waals surface area contributed by atoms with Crippen LogP contribution in [0.5, 0.6) is 17.2 Å². The Hall–Kier alpha value is -3.03. The number of rotatable bonds is 5. The first kappa shape index (κ1) is 15.4. The normalized spacial score (nSPS) is 10.1. The summed E-state index contributed by atoms with van der Waals surface area (Å²) in [6.45, 7) is 0. The number of anilines is 1. The fourth-order valence-electron chi connectivity index (χ4n) is 2.06. The molecule has 0 fully saturated rings. The minimum absolute atomic E-state index is 0.0630. The van der Waals surface area contributed by atoms with E-state index in [2.05, 4.69) is 9.97 Å². The third-order valence-corrected chi connectivity index (χ3v) is 3.02. The van der Waals surface area contributed by atoms with Crippen molar-refractivity contribution in [3.05, 3.63) is 24.0 Å². The van der Waals surface area contributed by atoms with Crippen molar-refractivity contribution < 1.29 is 24.1 Å². The molecule has 0 bridgehead atoms. The number of carboxylic acids is 1. The van der Waals surface area contributed by atoms with E-state index in [4.69, 9.17) is 19.9 Å². The van der Waals surface area contributed by atoms with Crippen LogP contribution in [-0.2, 0) is 0 Å².